The normalized spacial score (nSPS) is 10.5. The van der Waals surface area contributed by atoms with E-state index < -0.39 is 0 Å². The SMILES string of the molecule is Cc1ccc(C(=O)Nc2cc(C)nn2CCOC(=O)c2ccc(C)cc2)cc1. The van der Waals surface area contributed by atoms with Gasteiger partial charge in [0.1, 0.15) is 12.4 Å². The van der Waals surface area contributed by atoms with Crippen LogP contribution in [0.25, 0.3) is 0 Å². The van der Waals surface area contributed by atoms with Crippen LogP contribution in [0.15, 0.2) is 54.6 Å². The highest BCUT2D eigenvalue weighted by atomic mass is 16.5. The summed E-state index contributed by atoms with van der Waals surface area (Å²) >= 11 is 0. The van der Waals surface area contributed by atoms with E-state index in [1.54, 1.807) is 35.0 Å². The Kier molecular flexibility index (Phi) is 5.89. The standard InChI is InChI=1S/C22H23N3O3/c1-15-4-8-18(9-5-15)21(26)23-20-14-17(3)24-25(20)12-13-28-22(27)19-10-6-16(2)7-11-19/h4-11,14H,12-13H2,1-3H3,(H,23,26). The fourth-order valence-corrected chi connectivity index (χ4v) is 2.71. The number of rotatable bonds is 6. The molecule has 3 rings (SSSR count). The molecule has 1 amide bonds. The first-order chi connectivity index (χ1) is 13.4. The molecule has 0 fully saturated rings. The van der Waals surface area contributed by atoms with Crippen molar-refractivity contribution in [2.24, 2.45) is 0 Å². The molecule has 0 spiro atoms. The van der Waals surface area contributed by atoms with Gasteiger partial charge in [-0.15, -0.1) is 0 Å². The van der Waals surface area contributed by atoms with Crippen molar-refractivity contribution in [1.29, 1.82) is 0 Å². The van der Waals surface area contributed by atoms with Crippen molar-refractivity contribution in [3.63, 3.8) is 0 Å². The number of carbonyl (C=O) groups is 2. The van der Waals surface area contributed by atoms with Crippen LogP contribution in [0.1, 0.15) is 37.5 Å². The monoisotopic (exact) mass is 377 g/mol. The van der Waals surface area contributed by atoms with E-state index in [1.165, 1.54) is 0 Å². The smallest absolute Gasteiger partial charge is 0.338 e. The first kappa shape index (κ1) is 19.4. The van der Waals surface area contributed by atoms with Crippen molar-refractivity contribution in [3.05, 3.63) is 82.5 Å². The van der Waals surface area contributed by atoms with Crippen LogP contribution in [-0.2, 0) is 11.3 Å². The highest BCUT2D eigenvalue weighted by Crippen LogP contribution is 2.13. The van der Waals surface area contributed by atoms with Crippen LogP contribution in [-0.4, -0.2) is 28.3 Å². The van der Waals surface area contributed by atoms with Crippen LogP contribution in [0, 0.1) is 20.8 Å². The molecule has 0 radical (unpaired) electrons. The fraction of sp³-hybridized carbons (Fsp3) is 0.227. The molecule has 0 aliphatic heterocycles. The van der Waals surface area contributed by atoms with Crippen LogP contribution < -0.4 is 5.32 Å². The third-order valence-electron chi connectivity index (χ3n) is 4.28. The summed E-state index contributed by atoms with van der Waals surface area (Å²) in [6.07, 6.45) is 0. The Balaban J connectivity index is 1.60. The zero-order chi connectivity index (χ0) is 20.1. The van der Waals surface area contributed by atoms with Gasteiger partial charge in [0, 0.05) is 11.6 Å². The molecule has 28 heavy (non-hydrogen) atoms. The summed E-state index contributed by atoms with van der Waals surface area (Å²) in [6.45, 7) is 6.27. The van der Waals surface area contributed by atoms with E-state index >= 15 is 0 Å². The number of esters is 1. The summed E-state index contributed by atoms with van der Waals surface area (Å²) in [5.41, 5.74) is 4.02. The zero-order valence-corrected chi connectivity index (χ0v) is 16.2. The van der Waals surface area contributed by atoms with Crippen LogP contribution in [0.2, 0.25) is 0 Å². The zero-order valence-electron chi connectivity index (χ0n) is 16.2. The van der Waals surface area contributed by atoms with Crippen molar-refractivity contribution < 1.29 is 14.3 Å². The maximum absolute atomic E-state index is 12.4. The quantitative estimate of drug-likeness (QED) is 0.661. The lowest BCUT2D eigenvalue weighted by molar-refractivity contribution is 0.0488. The van der Waals surface area contributed by atoms with Crippen LogP contribution in [0.5, 0.6) is 0 Å². The number of hydrogen-bond acceptors (Lipinski definition) is 4. The highest BCUT2D eigenvalue weighted by Gasteiger charge is 2.12. The average Bonchev–Trinajstić information content (AvgIpc) is 3.01. The van der Waals surface area contributed by atoms with Gasteiger partial charge in [-0.3, -0.25) is 4.79 Å². The van der Waals surface area contributed by atoms with Gasteiger partial charge in [0.25, 0.3) is 5.91 Å². The number of aromatic nitrogens is 2. The molecule has 0 aliphatic carbocycles. The second-order valence-electron chi connectivity index (χ2n) is 6.72. The number of nitrogens with zero attached hydrogens (tertiary/aromatic N) is 2. The molecule has 1 aromatic heterocycles. The number of amides is 1. The number of hydrogen-bond donors (Lipinski definition) is 1. The van der Waals surface area contributed by atoms with E-state index in [1.807, 2.05) is 45.0 Å². The van der Waals surface area contributed by atoms with Crippen LogP contribution >= 0.6 is 0 Å². The number of anilines is 1. The predicted octanol–water partition coefficient (Wildman–Crippen LogP) is 3.92. The fourth-order valence-electron chi connectivity index (χ4n) is 2.71. The molecule has 2 aromatic carbocycles. The summed E-state index contributed by atoms with van der Waals surface area (Å²) < 4.78 is 6.96. The van der Waals surface area contributed by atoms with Crippen molar-refractivity contribution in [2.45, 2.75) is 27.3 Å². The first-order valence-electron chi connectivity index (χ1n) is 9.08. The molecular formula is C22H23N3O3. The van der Waals surface area contributed by atoms with E-state index in [2.05, 4.69) is 10.4 Å². The van der Waals surface area contributed by atoms with Gasteiger partial charge in [-0.1, -0.05) is 35.4 Å². The third kappa shape index (κ3) is 4.85. The van der Waals surface area contributed by atoms with Gasteiger partial charge in [-0.2, -0.15) is 5.10 Å². The molecular weight excluding hydrogens is 354 g/mol. The summed E-state index contributed by atoms with van der Waals surface area (Å²) in [7, 11) is 0. The number of aryl methyl sites for hydroxylation is 3. The van der Waals surface area contributed by atoms with Crippen LogP contribution in [0.4, 0.5) is 5.82 Å². The minimum Gasteiger partial charge on any atom is -0.460 e. The molecule has 3 aromatic rings. The van der Waals surface area contributed by atoms with E-state index in [9.17, 15) is 9.59 Å². The molecule has 144 valence electrons. The molecule has 6 heteroatoms. The second kappa shape index (κ2) is 8.52. The summed E-state index contributed by atoms with van der Waals surface area (Å²) in [6, 6.07) is 16.3. The first-order valence-corrected chi connectivity index (χ1v) is 9.08. The second-order valence-corrected chi connectivity index (χ2v) is 6.72. The molecule has 0 bridgehead atoms. The van der Waals surface area contributed by atoms with E-state index in [0.717, 1.165) is 16.8 Å². The summed E-state index contributed by atoms with van der Waals surface area (Å²) in [4.78, 5) is 24.5. The van der Waals surface area contributed by atoms with Crippen molar-refractivity contribution in [2.75, 3.05) is 11.9 Å². The van der Waals surface area contributed by atoms with Crippen LogP contribution in [0.3, 0.4) is 0 Å². The van der Waals surface area contributed by atoms with E-state index in [4.69, 9.17) is 4.74 Å². The van der Waals surface area contributed by atoms with E-state index in [-0.39, 0.29) is 18.5 Å². The Bertz CT molecular complexity index is 973. The van der Waals surface area contributed by atoms with E-state index in [0.29, 0.717) is 23.5 Å². The van der Waals surface area contributed by atoms with Gasteiger partial charge in [0.15, 0.2) is 0 Å². The van der Waals surface area contributed by atoms with Gasteiger partial charge < -0.3 is 10.1 Å². The molecule has 0 atom stereocenters. The number of benzene rings is 2. The number of nitrogens with one attached hydrogen (secondary N) is 1. The van der Waals surface area contributed by atoms with Gasteiger partial charge in [0.2, 0.25) is 0 Å². The topological polar surface area (TPSA) is 73.2 Å². The van der Waals surface area contributed by atoms with Gasteiger partial charge >= 0.3 is 5.97 Å². The van der Waals surface area contributed by atoms with Gasteiger partial charge in [0.05, 0.1) is 17.8 Å². The largest absolute Gasteiger partial charge is 0.460 e. The third-order valence-corrected chi connectivity index (χ3v) is 4.28. The van der Waals surface area contributed by atoms with Gasteiger partial charge in [-0.25, -0.2) is 9.48 Å². The number of carbonyl (C=O) groups excluding carboxylic acids is 2. The molecule has 6 nitrogen and oxygen atoms in total. The predicted molar refractivity (Wildman–Crippen MR) is 108 cm³/mol. The van der Waals surface area contributed by atoms with Crippen molar-refractivity contribution in [1.82, 2.24) is 9.78 Å². The maximum atomic E-state index is 12.4. The lowest BCUT2D eigenvalue weighted by Crippen LogP contribution is -2.18. The minimum absolute atomic E-state index is 0.154. The molecule has 0 unspecified atom stereocenters. The Hall–Kier alpha value is -3.41. The Morgan fingerprint density at radius 2 is 1.50 bits per heavy atom. The molecule has 0 saturated heterocycles. The lowest BCUT2D eigenvalue weighted by Gasteiger charge is -2.10. The molecule has 1 N–H and O–H groups in total. The molecule has 1 heterocycles. The van der Waals surface area contributed by atoms with Crippen molar-refractivity contribution in [3.8, 4) is 0 Å². The average molecular weight is 377 g/mol. The Labute approximate surface area is 164 Å². The maximum Gasteiger partial charge on any atom is 0.338 e. The van der Waals surface area contributed by atoms with Gasteiger partial charge in [-0.05, 0) is 45.0 Å². The molecule has 0 aliphatic rings. The molecule has 0 saturated carbocycles. The summed E-state index contributed by atoms with van der Waals surface area (Å²) in [5, 5.41) is 7.23. The highest BCUT2D eigenvalue weighted by molar-refractivity contribution is 6.03. The summed E-state index contributed by atoms with van der Waals surface area (Å²) in [5.74, 6) is -0.0265. The number of ether oxygens (including phenoxy) is 1. The lowest BCUT2D eigenvalue weighted by atomic mass is 10.1. The Morgan fingerprint density at radius 3 is 2.11 bits per heavy atom. The minimum atomic E-state index is -0.380. The Morgan fingerprint density at radius 1 is 0.929 bits per heavy atom. The van der Waals surface area contributed by atoms with Crippen molar-refractivity contribution >= 4 is 17.7 Å².